The van der Waals surface area contributed by atoms with E-state index >= 15 is 0 Å². The van der Waals surface area contributed by atoms with E-state index in [2.05, 4.69) is 0 Å². The Hall–Kier alpha value is -3.32. The van der Waals surface area contributed by atoms with Gasteiger partial charge in [0.2, 0.25) is 5.78 Å². The van der Waals surface area contributed by atoms with Crippen molar-refractivity contribution in [3.63, 3.8) is 0 Å². The van der Waals surface area contributed by atoms with Crippen molar-refractivity contribution < 1.29 is 28.4 Å². The number of fused-ring (bicyclic) bond motifs is 1. The number of benzene rings is 1. The second-order valence-electron chi connectivity index (χ2n) is 7.47. The molecule has 150 valence electrons. The van der Waals surface area contributed by atoms with Crippen LogP contribution in [-0.2, 0) is 4.79 Å². The van der Waals surface area contributed by atoms with Crippen molar-refractivity contribution in [1.29, 1.82) is 0 Å². The van der Waals surface area contributed by atoms with Gasteiger partial charge in [0.15, 0.2) is 11.5 Å². The second-order valence-corrected chi connectivity index (χ2v) is 7.47. The van der Waals surface area contributed by atoms with Gasteiger partial charge >= 0.3 is 0 Å². The molecule has 0 aliphatic carbocycles. The minimum absolute atomic E-state index is 0.0128. The maximum Gasteiger partial charge on any atom is 0.290 e. The zero-order valence-corrected chi connectivity index (χ0v) is 16.3. The largest absolute Gasteiger partial charge is 0.503 e. The molecule has 3 aromatic rings. The summed E-state index contributed by atoms with van der Waals surface area (Å²) < 4.78 is 11.2. The van der Waals surface area contributed by atoms with Gasteiger partial charge in [0.25, 0.3) is 5.91 Å². The normalized spacial score (nSPS) is 17.1. The molecule has 0 saturated heterocycles. The molecule has 1 aromatic carbocycles. The monoisotopic (exact) mass is 395 g/mol. The van der Waals surface area contributed by atoms with E-state index in [-0.39, 0.29) is 11.3 Å². The van der Waals surface area contributed by atoms with Crippen molar-refractivity contribution in [3.05, 3.63) is 71.6 Å². The highest BCUT2D eigenvalue weighted by Gasteiger charge is 2.45. The van der Waals surface area contributed by atoms with Crippen LogP contribution in [0.2, 0.25) is 0 Å². The highest BCUT2D eigenvalue weighted by Crippen LogP contribution is 2.39. The summed E-state index contributed by atoms with van der Waals surface area (Å²) in [6, 6.07) is 11.5. The molecular formula is C22H23N2O5+. The number of nitrogens with one attached hydrogen (secondary N) is 1. The SMILES string of the molecule is C[NH+](C)CCCN1C(=O)C(O)=C(C(=O)c2cc3ccccc3o2)[C@H]1c1ccco1. The van der Waals surface area contributed by atoms with Gasteiger partial charge in [-0.25, -0.2) is 0 Å². The van der Waals surface area contributed by atoms with Crippen LogP contribution in [0.15, 0.2) is 68.9 Å². The number of hydrogen-bond donors (Lipinski definition) is 2. The van der Waals surface area contributed by atoms with Crippen LogP contribution in [0.1, 0.15) is 28.8 Å². The first-order chi connectivity index (χ1) is 14.0. The summed E-state index contributed by atoms with van der Waals surface area (Å²) in [4.78, 5) is 28.8. The van der Waals surface area contributed by atoms with Gasteiger partial charge in [0.05, 0.1) is 32.5 Å². The fraction of sp³-hybridized carbons (Fsp3) is 0.273. The molecule has 1 aliphatic heterocycles. The third-order valence-electron chi connectivity index (χ3n) is 5.09. The highest BCUT2D eigenvalue weighted by molar-refractivity contribution is 6.15. The molecule has 1 amide bonds. The lowest BCUT2D eigenvalue weighted by Gasteiger charge is -2.24. The van der Waals surface area contributed by atoms with Crippen LogP contribution in [-0.4, -0.2) is 48.9 Å². The van der Waals surface area contributed by atoms with Crippen LogP contribution in [0.25, 0.3) is 11.0 Å². The minimum atomic E-state index is -0.782. The van der Waals surface area contributed by atoms with E-state index in [1.165, 1.54) is 16.1 Å². The number of furan rings is 2. The van der Waals surface area contributed by atoms with E-state index in [0.717, 1.165) is 18.4 Å². The van der Waals surface area contributed by atoms with Crippen LogP contribution >= 0.6 is 0 Å². The molecule has 0 radical (unpaired) electrons. The third-order valence-corrected chi connectivity index (χ3v) is 5.09. The predicted molar refractivity (Wildman–Crippen MR) is 106 cm³/mol. The van der Waals surface area contributed by atoms with Crippen LogP contribution < -0.4 is 4.90 Å². The summed E-state index contributed by atoms with van der Waals surface area (Å²) in [6.45, 7) is 1.25. The first-order valence-corrected chi connectivity index (χ1v) is 9.57. The minimum Gasteiger partial charge on any atom is -0.503 e. The molecule has 0 spiro atoms. The van der Waals surface area contributed by atoms with Gasteiger partial charge in [0.1, 0.15) is 17.4 Å². The Morgan fingerprint density at radius 2 is 2.00 bits per heavy atom. The van der Waals surface area contributed by atoms with Crippen molar-refractivity contribution in [3.8, 4) is 0 Å². The summed E-state index contributed by atoms with van der Waals surface area (Å²) in [5.41, 5.74) is 0.557. The Kier molecular flexibility index (Phi) is 4.98. The number of Topliss-reactive ketones (excluding diaryl/α,β-unsaturated/α-hetero) is 1. The van der Waals surface area contributed by atoms with Crippen molar-refractivity contribution >= 4 is 22.7 Å². The highest BCUT2D eigenvalue weighted by atomic mass is 16.3. The molecule has 2 N–H and O–H groups in total. The van der Waals surface area contributed by atoms with E-state index in [0.29, 0.717) is 17.9 Å². The number of amides is 1. The van der Waals surface area contributed by atoms with Crippen LogP contribution in [0.3, 0.4) is 0 Å². The first kappa shape index (κ1) is 19.0. The van der Waals surface area contributed by atoms with Gasteiger partial charge < -0.3 is 23.7 Å². The Balaban J connectivity index is 1.71. The molecule has 0 saturated carbocycles. The Morgan fingerprint density at radius 3 is 2.69 bits per heavy atom. The fourth-order valence-corrected chi connectivity index (χ4v) is 3.69. The molecular weight excluding hydrogens is 372 g/mol. The molecule has 7 nitrogen and oxygen atoms in total. The number of para-hydroxylation sites is 1. The van der Waals surface area contributed by atoms with Gasteiger partial charge in [-0.05, 0) is 24.3 Å². The quantitative estimate of drug-likeness (QED) is 0.599. The standard InChI is InChI=1S/C22H22N2O5/c1-23(2)10-6-11-24-19(16-9-5-12-28-16)18(21(26)22(24)27)20(25)17-13-14-7-3-4-8-15(14)29-17/h3-5,7-9,12-13,19,26H,6,10-11H2,1-2H3/p+1/t19-/m1/s1. The van der Waals surface area contributed by atoms with Gasteiger partial charge in [-0.3, -0.25) is 9.59 Å². The fourth-order valence-electron chi connectivity index (χ4n) is 3.69. The first-order valence-electron chi connectivity index (χ1n) is 9.57. The summed E-state index contributed by atoms with van der Waals surface area (Å²) in [6.07, 6.45) is 2.21. The molecule has 3 heterocycles. The van der Waals surface area contributed by atoms with Gasteiger partial charge in [-0.15, -0.1) is 0 Å². The lowest BCUT2D eigenvalue weighted by molar-refractivity contribution is -0.858. The molecule has 0 bridgehead atoms. The lowest BCUT2D eigenvalue weighted by atomic mass is 9.99. The van der Waals surface area contributed by atoms with E-state index < -0.39 is 23.5 Å². The summed E-state index contributed by atoms with van der Waals surface area (Å²) in [5, 5.41) is 11.4. The second kappa shape index (κ2) is 7.60. The number of nitrogens with zero attached hydrogens (tertiary/aromatic N) is 1. The number of rotatable bonds is 7. The Morgan fingerprint density at radius 1 is 1.21 bits per heavy atom. The van der Waals surface area contributed by atoms with E-state index in [1.54, 1.807) is 24.3 Å². The van der Waals surface area contributed by atoms with Crippen molar-refractivity contribution in [1.82, 2.24) is 4.90 Å². The summed E-state index contributed by atoms with van der Waals surface area (Å²) in [7, 11) is 4.06. The predicted octanol–water partition coefficient (Wildman–Crippen LogP) is 2.14. The van der Waals surface area contributed by atoms with E-state index in [9.17, 15) is 14.7 Å². The lowest BCUT2D eigenvalue weighted by Crippen LogP contribution is -3.05. The molecule has 29 heavy (non-hydrogen) atoms. The molecule has 0 fully saturated rings. The molecule has 2 aromatic heterocycles. The number of aliphatic hydroxyl groups excluding tert-OH is 1. The maximum atomic E-state index is 13.3. The average Bonchev–Trinajstić information content (AvgIpc) is 3.41. The molecule has 7 heteroatoms. The van der Waals surface area contributed by atoms with Crippen LogP contribution in [0.4, 0.5) is 0 Å². The number of hydrogen-bond acceptors (Lipinski definition) is 5. The Bertz CT molecular complexity index is 1040. The molecule has 1 aliphatic rings. The molecule has 4 rings (SSSR count). The Labute approximate surface area is 167 Å². The smallest absolute Gasteiger partial charge is 0.290 e. The summed E-state index contributed by atoms with van der Waals surface area (Å²) >= 11 is 0. The summed E-state index contributed by atoms with van der Waals surface area (Å²) in [5.74, 6) is -1.13. The number of quaternary nitrogens is 1. The topological polar surface area (TPSA) is 88.3 Å². The molecule has 0 unspecified atom stereocenters. The van der Waals surface area contributed by atoms with Crippen molar-refractivity contribution in [2.75, 3.05) is 27.2 Å². The average molecular weight is 395 g/mol. The maximum absolute atomic E-state index is 13.3. The zero-order chi connectivity index (χ0) is 20.5. The van der Waals surface area contributed by atoms with E-state index in [1.807, 2.05) is 32.3 Å². The van der Waals surface area contributed by atoms with Crippen LogP contribution in [0.5, 0.6) is 0 Å². The van der Waals surface area contributed by atoms with Gasteiger partial charge in [-0.1, -0.05) is 18.2 Å². The zero-order valence-electron chi connectivity index (χ0n) is 16.3. The van der Waals surface area contributed by atoms with Crippen LogP contribution in [0, 0.1) is 0 Å². The third kappa shape index (κ3) is 3.45. The number of carbonyl (C=O) groups excluding carboxylic acids is 2. The number of carbonyl (C=O) groups is 2. The van der Waals surface area contributed by atoms with Crippen molar-refractivity contribution in [2.45, 2.75) is 12.5 Å². The number of ketones is 1. The van der Waals surface area contributed by atoms with E-state index in [4.69, 9.17) is 8.83 Å². The van der Waals surface area contributed by atoms with Gasteiger partial charge in [-0.2, -0.15) is 0 Å². The van der Waals surface area contributed by atoms with Gasteiger partial charge in [0, 0.05) is 18.4 Å². The molecule has 1 atom stereocenters. The number of aliphatic hydroxyl groups is 1. The van der Waals surface area contributed by atoms with Crippen molar-refractivity contribution in [2.24, 2.45) is 0 Å².